The zero-order valence-corrected chi connectivity index (χ0v) is 7.51. The zero-order valence-electron chi connectivity index (χ0n) is 4.42. The summed E-state index contributed by atoms with van der Waals surface area (Å²) in [6.45, 7) is 7.00. The summed E-state index contributed by atoms with van der Waals surface area (Å²) in [6, 6.07) is 0. The van der Waals surface area contributed by atoms with Crippen molar-refractivity contribution in [2.75, 3.05) is 12.5 Å². The van der Waals surface area contributed by atoms with Crippen molar-refractivity contribution >= 4 is 10.8 Å². The molecule has 0 aliphatic rings. The second kappa shape index (κ2) is 16.0. The predicted octanol–water partition coefficient (Wildman–Crippen LogP) is 0.598. The molecule has 48 valence electrons. The van der Waals surface area contributed by atoms with Gasteiger partial charge in [0.05, 0.1) is 0 Å². The molecule has 0 saturated carbocycles. The molecule has 0 atom stereocenters. The van der Waals surface area contributed by atoms with Gasteiger partial charge in [-0.05, 0) is 0 Å². The Morgan fingerprint density at radius 2 is 1.43 bits per heavy atom. The van der Waals surface area contributed by atoms with Gasteiger partial charge >= 0.3 is 0 Å². The molecule has 0 amide bonds. The molecule has 7 heavy (non-hydrogen) atoms. The Morgan fingerprint density at radius 3 is 1.43 bits per heavy atom. The van der Waals surface area contributed by atoms with Crippen LogP contribution in [-0.4, -0.2) is 16.7 Å². The maximum Gasteiger partial charge on any atom is 0.0148 e. The van der Waals surface area contributed by atoms with Crippen molar-refractivity contribution in [3.8, 4) is 0 Å². The van der Waals surface area contributed by atoms with Crippen LogP contribution in [0.15, 0.2) is 6.58 Å². The number of rotatable bonds is 0. The van der Waals surface area contributed by atoms with Crippen LogP contribution >= 0.6 is 0 Å². The van der Waals surface area contributed by atoms with E-state index in [9.17, 15) is 4.21 Å². The molecule has 0 saturated heterocycles. The first-order chi connectivity index (χ1) is 2.73. The Morgan fingerprint density at radius 1 is 1.43 bits per heavy atom. The third-order valence-electron chi connectivity index (χ3n) is 0. The van der Waals surface area contributed by atoms with Crippen LogP contribution in [0.5, 0.6) is 0 Å². The van der Waals surface area contributed by atoms with E-state index in [1.807, 2.05) is 0 Å². The Labute approximate surface area is 61.9 Å². The molecule has 1 nitrogen and oxygen atoms in total. The van der Waals surface area contributed by atoms with Gasteiger partial charge in [0.15, 0.2) is 0 Å². The molecule has 0 heterocycles. The molecular weight excluding hydrogens is 291 g/mol. The molecular formula is C4H9OPtS-. The minimum atomic E-state index is -0.611. The first-order valence-corrected chi connectivity index (χ1v) is 3.36. The molecule has 0 N–H and O–H groups in total. The summed E-state index contributed by atoms with van der Waals surface area (Å²) in [4.78, 5) is 0. The fourth-order valence-electron chi connectivity index (χ4n) is 0. The summed E-state index contributed by atoms with van der Waals surface area (Å²) >= 11 is 0. The smallest absolute Gasteiger partial charge is 0.0148 e. The van der Waals surface area contributed by atoms with Gasteiger partial charge in [-0.15, -0.1) is 0 Å². The predicted molar refractivity (Wildman–Crippen MR) is 29.9 cm³/mol. The monoisotopic (exact) mass is 300 g/mol. The second-order valence-electron chi connectivity index (χ2n) is 0.742. The summed E-state index contributed by atoms with van der Waals surface area (Å²) in [5.41, 5.74) is 0. The van der Waals surface area contributed by atoms with Crippen LogP contribution in [0.4, 0.5) is 0 Å². The minimum Gasteiger partial charge on any atom is -0.521 e. The fraction of sp³-hybridized carbons (Fsp3) is 0.500. The molecule has 0 aliphatic heterocycles. The summed E-state index contributed by atoms with van der Waals surface area (Å²) in [6.07, 6.45) is 3.28. The van der Waals surface area contributed by atoms with E-state index in [2.05, 4.69) is 13.2 Å². The van der Waals surface area contributed by atoms with Crippen molar-refractivity contribution in [1.82, 2.24) is 0 Å². The Kier molecular flexibility index (Phi) is 35.7. The van der Waals surface area contributed by atoms with Crippen molar-refractivity contribution in [3.63, 3.8) is 0 Å². The summed E-state index contributed by atoms with van der Waals surface area (Å²) in [7, 11) is -0.611. The topological polar surface area (TPSA) is 17.1 Å². The molecule has 0 radical (unpaired) electrons. The van der Waals surface area contributed by atoms with Crippen molar-refractivity contribution in [2.24, 2.45) is 0 Å². The van der Waals surface area contributed by atoms with Crippen molar-refractivity contribution in [3.05, 3.63) is 13.2 Å². The van der Waals surface area contributed by atoms with E-state index in [1.165, 1.54) is 0 Å². The summed E-state index contributed by atoms with van der Waals surface area (Å²) in [5.74, 6) is 0. The van der Waals surface area contributed by atoms with Gasteiger partial charge in [0.25, 0.3) is 0 Å². The van der Waals surface area contributed by atoms with Crippen molar-refractivity contribution in [1.29, 1.82) is 0 Å². The normalized spacial score (nSPS) is 5.57. The van der Waals surface area contributed by atoms with Crippen LogP contribution in [0.1, 0.15) is 0 Å². The molecule has 0 rings (SSSR count). The van der Waals surface area contributed by atoms with Gasteiger partial charge in [-0.25, -0.2) is 0 Å². The van der Waals surface area contributed by atoms with Gasteiger partial charge in [0.1, 0.15) is 0 Å². The molecule has 0 aromatic rings. The summed E-state index contributed by atoms with van der Waals surface area (Å²) in [5, 5.41) is 0. The molecule has 0 aromatic heterocycles. The van der Waals surface area contributed by atoms with E-state index in [4.69, 9.17) is 0 Å². The van der Waals surface area contributed by atoms with Crippen molar-refractivity contribution in [2.45, 2.75) is 0 Å². The van der Waals surface area contributed by atoms with Crippen LogP contribution in [0.25, 0.3) is 0 Å². The Hall–Kier alpha value is 0.578. The maximum absolute atomic E-state index is 9.56. The average molecular weight is 300 g/mol. The van der Waals surface area contributed by atoms with E-state index < -0.39 is 10.8 Å². The van der Waals surface area contributed by atoms with E-state index in [0.717, 1.165) is 0 Å². The minimum absolute atomic E-state index is 0. The van der Waals surface area contributed by atoms with E-state index in [1.54, 1.807) is 12.5 Å². The maximum atomic E-state index is 9.56. The molecule has 0 bridgehead atoms. The van der Waals surface area contributed by atoms with Crippen LogP contribution in [0.2, 0.25) is 0 Å². The quantitative estimate of drug-likeness (QED) is 0.599. The van der Waals surface area contributed by atoms with Gasteiger partial charge in [0, 0.05) is 44.4 Å². The van der Waals surface area contributed by atoms with Gasteiger partial charge in [0.2, 0.25) is 0 Å². The van der Waals surface area contributed by atoms with Gasteiger partial charge in [-0.1, -0.05) is 0 Å². The van der Waals surface area contributed by atoms with Crippen LogP contribution in [0.3, 0.4) is 0 Å². The van der Waals surface area contributed by atoms with Gasteiger partial charge < -0.3 is 6.58 Å². The van der Waals surface area contributed by atoms with Crippen LogP contribution in [-0.2, 0) is 31.9 Å². The standard InChI is InChI=1S/C2H6OS.C2H3.Pt/c1-4(2)3;1-2;/h1-2H3;1H,2H2;/q;-1;. The Bertz CT molecular complexity index is 43.0. The number of hydrogen-bond donors (Lipinski definition) is 0. The van der Waals surface area contributed by atoms with Crippen LogP contribution in [0, 0.1) is 6.58 Å². The molecule has 0 fully saturated rings. The molecule has 0 spiro atoms. The zero-order chi connectivity index (χ0) is 5.58. The SMILES string of the molecule is CS(C)=O.[CH-]=C.[Pt]. The Balaban J connectivity index is -0.0000000480. The average Bonchev–Trinajstić information content (AvgIpc) is 1.41. The molecule has 0 aliphatic carbocycles. The first-order valence-electron chi connectivity index (χ1n) is 1.39. The van der Waals surface area contributed by atoms with E-state index in [-0.39, 0.29) is 21.1 Å². The van der Waals surface area contributed by atoms with Gasteiger partial charge in [-0.3, -0.25) is 10.8 Å². The number of hydrogen-bond acceptors (Lipinski definition) is 1. The van der Waals surface area contributed by atoms with Gasteiger partial charge in [-0.2, -0.15) is 0 Å². The summed E-state index contributed by atoms with van der Waals surface area (Å²) < 4.78 is 9.56. The van der Waals surface area contributed by atoms with Crippen LogP contribution < -0.4 is 0 Å². The molecule has 0 unspecified atom stereocenters. The first kappa shape index (κ1) is 15.6. The fourth-order valence-corrected chi connectivity index (χ4v) is 0. The molecule has 0 aromatic carbocycles. The van der Waals surface area contributed by atoms with E-state index in [0.29, 0.717) is 0 Å². The molecule has 3 heteroatoms. The third kappa shape index (κ3) is 412. The van der Waals surface area contributed by atoms with Crippen molar-refractivity contribution < 1.29 is 25.3 Å². The largest absolute Gasteiger partial charge is 0.521 e. The second-order valence-corrected chi connectivity index (χ2v) is 2.22. The third-order valence-corrected chi connectivity index (χ3v) is 0. The van der Waals surface area contributed by atoms with E-state index >= 15 is 0 Å².